The van der Waals surface area contributed by atoms with Gasteiger partial charge in [-0.05, 0) is 50.8 Å². The van der Waals surface area contributed by atoms with E-state index >= 15 is 0 Å². The molecule has 5 nitrogen and oxygen atoms in total. The fourth-order valence-electron chi connectivity index (χ4n) is 4.83. The molecule has 1 atom stereocenters. The minimum atomic E-state index is -4.45. The van der Waals surface area contributed by atoms with Gasteiger partial charge in [-0.1, -0.05) is 6.07 Å². The Kier molecular flexibility index (Phi) is 5.61. The number of amides is 1. The number of fused-ring (bicyclic) bond motifs is 1. The Balaban J connectivity index is 1.47. The zero-order valence-corrected chi connectivity index (χ0v) is 17.2. The number of aromatic amines is 1. The number of halogens is 3. The molecule has 1 fully saturated rings. The van der Waals surface area contributed by atoms with Gasteiger partial charge in [0.05, 0.1) is 23.6 Å². The summed E-state index contributed by atoms with van der Waals surface area (Å²) in [4.78, 5) is 24.8. The summed E-state index contributed by atoms with van der Waals surface area (Å²) in [6.45, 7) is 6.44. The Morgan fingerprint density at radius 1 is 1.20 bits per heavy atom. The standard InChI is InChI=1S/C22H27F3N4O/c1-14(2)29-11-8-18-19(27-13-26-18)20(29)15-6-9-28(10-7-15)21(30)16-4-3-5-17(12-16)22(23,24)25/h3-5,12-15,20H,6-11H2,1-2H3,(H,26,27). The van der Waals surface area contributed by atoms with E-state index in [-0.39, 0.29) is 17.5 Å². The summed E-state index contributed by atoms with van der Waals surface area (Å²) in [6.07, 6.45) is -0.119. The molecule has 1 unspecified atom stereocenters. The fraction of sp³-hybridized carbons (Fsp3) is 0.545. The quantitative estimate of drug-likeness (QED) is 0.806. The lowest BCUT2D eigenvalue weighted by atomic mass is 9.83. The van der Waals surface area contributed by atoms with Crippen LogP contribution in [-0.4, -0.2) is 51.4 Å². The summed E-state index contributed by atoms with van der Waals surface area (Å²) in [5.74, 6) is 0.0321. The van der Waals surface area contributed by atoms with Gasteiger partial charge in [0, 0.05) is 43.4 Å². The highest BCUT2D eigenvalue weighted by Gasteiger charge is 2.39. The Hall–Kier alpha value is -2.35. The van der Waals surface area contributed by atoms with E-state index in [2.05, 4.69) is 28.7 Å². The number of benzene rings is 1. The van der Waals surface area contributed by atoms with E-state index in [1.807, 2.05) is 0 Å². The number of imidazole rings is 1. The van der Waals surface area contributed by atoms with Crippen molar-refractivity contribution in [2.75, 3.05) is 19.6 Å². The molecule has 0 saturated carbocycles. The lowest BCUT2D eigenvalue weighted by Crippen LogP contribution is -2.47. The average Bonchev–Trinajstić information content (AvgIpc) is 3.21. The molecule has 2 aromatic rings. The van der Waals surface area contributed by atoms with E-state index in [0.717, 1.165) is 43.6 Å². The monoisotopic (exact) mass is 420 g/mol. The van der Waals surface area contributed by atoms with Crippen molar-refractivity contribution in [3.63, 3.8) is 0 Å². The van der Waals surface area contributed by atoms with E-state index in [9.17, 15) is 18.0 Å². The van der Waals surface area contributed by atoms with Gasteiger partial charge in [-0.2, -0.15) is 13.2 Å². The highest BCUT2D eigenvalue weighted by atomic mass is 19.4. The third kappa shape index (κ3) is 3.97. The van der Waals surface area contributed by atoms with Gasteiger partial charge in [-0.15, -0.1) is 0 Å². The van der Waals surface area contributed by atoms with Crippen LogP contribution in [0.4, 0.5) is 13.2 Å². The molecule has 2 aliphatic heterocycles. The number of hydrogen-bond acceptors (Lipinski definition) is 3. The second-order valence-corrected chi connectivity index (χ2v) is 8.50. The number of piperidine rings is 1. The maximum Gasteiger partial charge on any atom is 0.416 e. The van der Waals surface area contributed by atoms with E-state index in [1.54, 1.807) is 11.2 Å². The van der Waals surface area contributed by atoms with Crippen LogP contribution in [0.5, 0.6) is 0 Å². The fourth-order valence-corrected chi connectivity index (χ4v) is 4.83. The third-order valence-corrected chi connectivity index (χ3v) is 6.38. The molecular formula is C22H27F3N4O. The van der Waals surface area contributed by atoms with Crippen molar-refractivity contribution in [1.82, 2.24) is 19.8 Å². The average molecular weight is 420 g/mol. The molecule has 0 spiro atoms. The van der Waals surface area contributed by atoms with Crippen LogP contribution in [0.2, 0.25) is 0 Å². The number of alkyl halides is 3. The topological polar surface area (TPSA) is 52.2 Å². The highest BCUT2D eigenvalue weighted by molar-refractivity contribution is 5.94. The number of aromatic nitrogens is 2. The van der Waals surface area contributed by atoms with E-state index in [4.69, 9.17) is 0 Å². The molecule has 2 aliphatic rings. The maximum absolute atomic E-state index is 13.0. The molecule has 1 amide bonds. The molecular weight excluding hydrogens is 393 g/mol. The van der Waals surface area contributed by atoms with Gasteiger partial charge in [0.15, 0.2) is 0 Å². The molecule has 3 heterocycles. The summed E-state index contributed by atoms with van der Waals surface area (Å²) in [7, 11) is 0. The minimum absolute atomic E-state index is 0.0966. The van der Waals surface area contributed by atoms with Gasteiger partial charge in [0.1, 0.15) is 0 Å². The first-order valence-corrected chi connectivity index (χ1v) is 10.5. The zero-order chi connectivity index (χ0) is 21.5. The van der Waals surface area contributed by atoms with Crippen molar-refractivity contribution >= 4 is 5.91 Å². The SMILES string of the molecule is CC(C)N1CCc2[nH]cnc2C1C1CCN(C(=O)c2cccc(C(F)(F)F)c2)CC1. The molecule has 1 aromatic carbocycles. The lowest BCUT2D eigenvalue weighted by molar-refractivity contribution is -0.137. The Morgan fingerprint density at radius 3 is 2.60 bits per heavy atom. The number of nitrogens with one attached hydrogen (secondary N) is 1. The van der Waals surface area contributed by atoms with Crippen LogP contribution in [0.15, 0.2) is 30.6 Å². The van der Waals surface area contributed by atoms with Crippen molar-refractivity contribution in [3.05, 3.63) is 53.1 Å². The molecule has 1 saturated heterocycles. The normalized spacial score (nSPS) is 21.1. The van der Waals surface area contributed by atoms with Crippen LogP contribution in [0.3, 0.4) is 0 Å². The predicted octanol–water partition coefficient (Wildman–Crippen LogP) is 4.29. The maximum atomic E-state index is 13.0. The first-order valence-electron chi connectivity index (χ1n) is 10.5. The van der Waals surface area contributed by atoms with Gasteiger partial charge in [0.2, 0.25) is 0 Å². The van der Waals surface area contributed by atoms with Crippen LogP contribution in [-0.2, 0) is 12.6 Å². The summed E-state index contributed by atoms with van der Waals surface area (Å²) < 4.78 is 39.0. The second-order valence-electron chi connectivity index (χ2n) is 8.50. The van der Waals surface area contributed by atoms with Crippen molar-refractivity contribution < 1.29 is 18.0 Å². The van der Waals surface area contributed by atoms with Crippen LogP contribution in [0.25, 0.3) is 0 Å². The predicted molar refractivity (Wildman–Crippen MR) is 107 cm³/mol. The number of nitrogens with zero attached hydrogens (tertiary/aromatic N) is 3. The molecule has 4 rings (SSSR count). The molecule has 30 heavy (non-hydrogen) atoms. The number of likely N-dealkylation sites (tertiary alicyclic amines) is 1. The molecule has 1 aromatic heterocycles. The number of H-pyrrole nitrogens is 1. The molecule has 0 bridgehead atoms. The van der Waals surface area contributed by atoms with E-state index in [1.165, 1.54) is 17.8 Å². The number of hydrogen-bond donors (Lipinski definition) is 1. The summed E-state index contributed by atoms with van der Waals surface area (Å²) in [5.41, 5.74) is 1.61. The number of carbonyl (C=O) groups excluding carboxylic acids is 1. The van der Waals surface area contributed by atoms with Crippen molar-refractivity contribution in [3.8, 4) is 0 Å². The smallest absolute Gasteiger partial charge is 0.348 e. The Labute approximate surface area is 174 Å². The van der Waals surface area contributed by atoms with Crippen molar-refractivity contribution in [2.45, 2.75) is 51.4 Å². The van der Waals surface area contributed by atoms with Gasteiger partial charge < -0.3 is 9.88 Å². The van der Waals surface area contributed by atoms with Crippen LogP contribution in [0.1, 0.15) is 60.0 Å². The highest BCUT2D eigenvalue weighted by Crippen LogP contribution is 2.40. The summed E-state index contributed by atoms with van der Waals surface area (Å²) >= 11 is 0. The molecule has 8 heteroatoms. The first kappa shape index (κ1) is 20.9. The largest absolute Gasteiger partial charge is 0.416 e. The van der Waals surface area contributed by atoms with Crippen LogP contribution >= 0.6 is 0 Å². The van der Waals surface area contributed by atoms with E-state index < -0.39 is 11.7 Å². The van der Waals surface area contributed by atoms with Gasteiger partial charge in [-0.25, -0.2) is 4.98 Å². The Bertz CT molecular complexity index is 900. The van der Waals surface area contributed by atoms with Gasteiger partial charge in [0.25, 0.3) is 5.91 Å². The number of carbonyl (C=O) groups is 1. The van der Waals surface area contributed by atoms with Gasteiger partial charge in [-0.3, -0.25) is 9.69 Å². The minimum Gasteiger partial charge on any atom is -0.348 e. The molecule has 0 aliphatic carbocycles. The van der Waals surface area contributed by atoms with Crippen molar-refractivity contribution in [1.29, 1.82) is 0 Å². The Morgan fingerprint density at radius 2 is 1.93 bits per heavy atom. The van der Waals surface area contributed by atoms with E-state index in [0.29, 0.717) is 25.0 Å². The van der Waals surface area contributed by atoms with Crippen molar-refractivity contribution in [2.24, 2.45) is 5.92 Å². The van der Waals surface area contributed by atoms with Crippen LogP contribution < -0.4 is 0 Å². The molecule has 1 N–H and O–H groups in total. The molecule has 162 valence electrons. The summed E-state index contributed by atoms with van der Waals surface area (Å²) in [5, 5.41) is 0. The zero-order valence-electron chi connectivity index (χ0n) is 17.2. The third-order valence-electron chi connectivity index (χ3n) is 6.38. The van der Waals surface area contributed by atoms with Gasteiger partial charge >= 0.3 is 6.18 Å². The lowest BCUT2D eigenvalue weighted by Gasteiger charge is -2.44. The summed E-state index contributed by atoms with van der Waals surface area (Å²) in [6, 6.07) is 5.31. The first-order chi connectivity index (χ1) is 14.3. The second kappa shape index (κ2) is 8.06. The van der Waals surface area contributed by atoms with Crippen LogP contribution in [0, 0.1) is 5.92 Å². The number of rotatable bonds is 3. The molecule has 0 radical (unpaired) electrons.